The molecule has 2 atom stereocenters. The molecule has 1 spiro atoms. The van der Waals surface area contributed by atoms with E-state index in [0.29, 0.717) is 37.2 Å². The molecule has 4 nitrogen and oxygen atoms in total. The van der Waals surface area contributed by atoms with Gasteiger partial charge in [0.25, 0.3) is 0 Å². The minimum Gasteiger partial charge on any atom is -0.349 e. The third-order valence-electron chi connectivity index (χ3n) is 8.29. The van der Waals surface area contributed by atoms with Gasteiger partial charge < -0.3 is 9.47 Å². The minimum atomic E-state index is -0.495. The van der Waals surface area contributed by atoms with Gasteiger partial charge in [-0.2, -0.15) is 0 Å². The summed E-state index contributed by atoms with van der Waals surface area (Å²) in [7, 11) is 0. The van der Waals surface area contributed by atoms with Crippen molar-refractivity contribution < 1.29 is 19.1 Å². The maximum atomic E-state index is 12.5. The molecule has 1 saturated heterocycles. The van der Waals surface area contributed by atoms with Crippen molar-refractivity contribution in [3.05, 3.63) is 58.7 Å². The molecule has 6 aliphatic rings. The van der Waals surface area contributed by atoms with E-state index >= 15 is 0 Å². The van der Waals surface area contributed by atoms with E-state index < -0.39 is 5.79 Å². The summed E-state index contributed by atoms with van der Waals surface area (Å²) in [5.41, 5.74) is 5.24. The van der Waals surface area contributed by atoms with E-state index in [1.165, 1.54) is 29.7 Å². The molecule has 0 bridgehead atoms. The summed E-state index contributed by atoms with van der Waals surface area (Å²) in [5.74, 6) is -0.563. The predicted molar refractivity (Wildman–Crippen MR) is 103 cm³/mol. The Morgan fingerprint density at radius 1 is 0.750 bits per heavy atom. The molecule has 0 aromatic heterocycles. The van der Waals surface area contributed by atoms with E-state index in [-0.39, 0.29) is 22.4 Å². The highest BCUT2D eigenvalue weighted by molar-refractivity contribution is 6.21. The zero-order chi connectivity index (χ0) is 19.3. The molecular weight excluding hydrogens is 352 g/mol. The highest BCUT2D eigenvalue weighted by Crippen LogP contribution is 2.81. The smallest absolute Gasteiger partial charge is 0.182 e. The van der Waals surface area contributed by atoms with Crippen LogP contribution in [0.25, 0.3) is 0 Å². The summed E-state index contributed by atoms with van der Waals surface area (Å²) in [6.45, 7) is 9.79. The fraction of sp³-hybridized carbons (Fsp3) is 0.500. The van der Waals surface area contributed by atoms with Gasteiger partial charge in [0.05, 0.1) is 24.0 Å². The second kappa shape index (κ2) is 5.11. The molecule has 28 heavy (non-hydrogen) atoms. The van der Waals surface area contributed by atoms with Gasteiger partial charge in [-0.05, 0) is 49.0 Å². The molecule has 144 valence electrons. The normalized spacial score (nSPS) is 38.3. The van der Waals surface area contributed by atoms with Gasteiger partial charge in [0, 0.05) is 24.0 Å². The Balaban J connectivity index is 1.42. The van der Waals surface area contributed by atoms with Crippen LogP contribution in [-0.4, -0.2) is 30.6 Å². The van der Waals surface area contributed by atoms with Gasteiger partial charge in [-0.25, -0.2) is 0 Å². The maximum Gasteiger partial charge on any atom is 0.182 e. The van der Waals surface area contributed by atoms with Gasteiger partial charge in [0.1, 0.15) is 0 Å². The lowest BCUT2D eigenvalue weighted by Gasteiger charge is -2.72. The number of carbonyl (C=O) groups excluding carboxylic acids is 2. The molecule has 0 aromatic rings. The molecule has 4 heteroatoms. The summed E-state index contributed by atoms with van der Waals surface area (Å²) in [6.07, 6.45) is 9.22. The first-order valence-corrected chi connectivity index (χ1v) is 10.3. The van der Waals surface area contributed by atoms with E-state index in [1.54, 1.807) is 0 Å². The van der Waals surface area contributed by atoms with Crippen LogP contribution in [0.2, 0.25) is 0 Å². The second-order valence-corrected chi connectivity index (χ2v) is 9.15. The van der Waals surface area contributed by atoms with E-state index in [9.17, 15) is 9.59 Å². The van der Waals surface area contributed by atoms with Crippen molar-refractivity contribution in [2.75, 3.05) is 13.2 Å². The summed E-state index contributed by atoms with van der Waals surface area (Å²) >= 11 is 0. The Labute approximate surface area is 164 Å². The fourth-order valence-electron chi connectivity index (χ4n) is 6.70. The van der Waals surface area contributed by atoms with Crippen LogP contribution in [0.4, 0.5) is 0 Å². The summed E-state index contributed by atoms with van der Waals surface area (Å²) < 4.78 is 13.0. The van der Waals surface area contributed by atoms with Crippen molar-refractivity contribution in [2.45, 2.75) is 50.7 Å². The highest BCUT2D eigenvalue weighted by atomic mass is 16.7. The van der Waals surface area contributed by atoms with Gasteiger partial charge >= 0.3 is 0 Å². The third kappa shape index (κ3) is 1.63. The van der Waals surface area contributed by atoms with Crippen LogP contribution < -0.4 is 0 Å². The van der Waals surface area contributed by atoms with Crippen LogP contribution in [0.1, 0.15) is 44.9 Å². The molecule has 0 aromatic carbocycles. The first-order valence-electron chi connectivity index (χ1n) is 10.3. The Hall–Kier alpha value is -2.04. The number of rotatable bonds is 0. The molecular formula is C24H24O4. The van der Waals surface area contributed by atoms with E-state index in [2.05, 4.69) is 13.2 Å². The lowest BCUT2D eigenvalue weighted by atomic mass is 9.30. The topological polar surface area (TPSA) is 52.6 Å². The van der Waals surface area contributed by atoms with Gasteiger partial charge in [-0.3, -0.25) is 9.59 Å². The van der Waals surface area contributed by atoms with Crippen molar-refractivity contribution in [2.24, 2.45) is 10.8 Å². The SMILES string of the molecule is C=C1C(=C)C23COC4(CCCCC4)OCC12C1=C3CC2=C(C1)C(=O)C=CC2=O. The van der Waals surface area contributed by atoms with Crippen LogP contribution in [0.3, 0.4) is 0 Å². The van der Waals surface area contributed by atoms with Gasteiger partial charge in [-0.1, -0.05) is 30.7 Å². The number of hydrogen-bond acceptors (Lipinski definition) is 4. The molecule has 0 N–H and O–H groups in total. The molecule has 2 unspecified atom stereocenters. The average Bonchev–Trinajstić information content (AvgIpc) is 2.80. The number of hydrogen-bond donors (Lipinski definition) is 0. The van der Waals surface area contributed by atoms with Crippen molar-refractivity contribution >= 4 is 11.6 Å². The third-order valence-corrected chi connectivity index (χ3v) is 8.29. The number of carbonyl (C=O) groups is 2. The van der Waals surface area contributed by atoms with Crippen molar-refractivity contribution in [1.82, 2.24) is 0 Å². The van der Waals surface area contributed by atoms with Gasteiger partial charge in [0.2, 0.25) is 0 Å². The molecule has 6 rings (SSSR count). The van der Waals surface area contributed by atoms with Crippen molar-refractivity contribution in [3.8, 4) is 0 Å². The first kappa shape index (κ1) is 16.9. The standard InChI is InChI=1S/C24H24O4/c1-14-15(2)24-13-28-22(8-4-3-5-9-22)27-12-23(14,24)18-10-16-17(11-19(18)24)21(26)7-6-20(16)25/h6-7H,1-5,8-13H2. The summed E-state index contributed by atoms with van der Waals surface area (Å²) in [4.78, 5) is 24.9. The molecule has 5 aliphatic carbocycles. The van der Waals surface area contributed by atoms with Crippen LogP contribution >= 0.6 is 0 Å². The summed E-state index contributed by atoms with van der Waals surface area (Å²) in [5, 5.41) is 0. The molecule has 3 fully saturated rings. The first-order chi connectivity index (χ1) is 13.5. The molecule has 0 radical (unpaired) electrons. The molecule has 1 aliphatic heterocycles. The predicted octanol–water partition coefficient (Wildman–Crippen LogP) is 3.90. The average molecular weight is 376 g/mol. The zero-order valence-corrected chi connectivity index (χ0v) is 16.1. The lowest BCUT2D eigenvalue weighted by Crippen LogP contribution is -2.68. The maximum absolute atomic E-state index is 12.5. The van der Waals surface area contributed by atoms with Gasteiger partial charge in [0.15, 0.2) is 17.4 Å². The Kier molecular flexibility index (Phi) is 3.08. The quantitative estimate of drug-likeness (QED) is 0.475. The Morgan fingerprint density at radius 3 is 1.68 bits per heavy atom. The molecule has 1 heterocycles. The van der Waals surface area contributed by atoms with Crippen LogP contribution in [-0.2, 0) is 19.1 Å². The molecule has 0 amide bonds. The Bertz CT molecular complexity index is 914. The van der Waals surface area contributed by atoms with E-state index in [4.69, 9.17) is 9.47 Å². The highest BCUT2D eigenvalue weighted by Gasteiger charge is 2.76. The van der Waals surface area contributed by atoms with Crippen molar-refractivity contribution in [3.63, 3.8) is 0 Å². The largest absolute Gasteiger partial charge is 0.349 e. The van der Waals surface area contributed by atoms with E-state index in [0.717, 1.165) is 36.8 Å². The van der Waals surface area contributed by atoms with Gasteiger partial charge in [-0.15, -0.1) is 0 Å². The second-order valence-electron chi connectivity index (χ2n) is 9.15. The zero-order valence-electron chi connectivity index (χ0n) is 16.1. The molecule has 2 saturated carbocycles. The number of ketones is 2. The van der Waals surface area contributed by atoms with Crippen LogP contribution in [0.15, 0.2) is 58.7 Å². The monoisotopic (exact) mass is 376 g/mol. The number of allylic oxidation sites excluding steroid dienone is 4. The van der Waals surface area contributed by atoms with Crippen LogP contribution in [0, 0.1) is 10.8 Å². The number of ether oxygens (including phenoxy) is 2. The minimum absolute atomic E-state index is 0.0339. The summed E-state index contributed by atoms with van der Waals surface area (Å²) in [6, 6.07) is 0. The van der Waals surface area contributed by atoms with Crippen LogP contribution in [0.5, 0.6) is 0 Å². The Morgan fingerprint density at radius 2 is 1.21 bits per heavy atom. The fourth-order valence-corrected chi connectivity index (χ4v) is 6.70. The lowest BCUT2D eigenvalue weighted by molar-refractivity contribution is -0.244. The van der Waals surface area contributed by atoms with E-state index in [1.807, 2.05) is 0 Å². The van der Waals surface area contributed by atoms with Crippen molar-refractivity contribution in [1.29, 1.82) is 0 Å².